The molecule has 0 radical (unpaired) electrons. The molecule has 0 aromatic rings. The van der Waals surface area contributed by atoms with Gasteiger partial charge in [-0.15, -0.1) is 0 Å². The van der Waals surface area contributed by atoms with Crippen LogP contribution in [0, 0.1) is 0 Å². The molecular weight excluding hydrogens is 175 g/mol. The Bertz CT molecular complexity index is 169. The van der Waals surface area contributed by atoms with Gasteiger partial charge in [-0.25, -0.2) is 9.36 Å². The highest BCUT2D eigenvalue weighted by atomic mass is 31.2. The lowest BCUT2D eigenvalue weighted by molar-refractivity contribution is -0.139. The molecule has 0 saturated carbocycles. The summed E-state index contributed by atoms with van der Waals surface area (Å²) in [6.45, 7) is -0.709. The fraction of sp³-hybridized carbons (Fsp3) is 0.750. The van der Waals surface area contributed by atoms with Crippen LogP contribution in [-0.2, 0) is 22.9 Å². The van der Waals surface area contributed by atoms with Crippen molar-refractivity contribution in [1.29, 1.82) is 0 Å². The second kappa shape index (κ2) is 4.46. The molecule has 6 nitrogen and oxygen atoms in total. The smallest absolute Gasteiger partial charge is 0.474 e. The molecule has 0 aliphatic carbocycles. The first kappa shape index (κ1) is 10.6. The lowest BCUT2D eigenvalue weighted by Crippen LogP contribution is -2.06. The summed E-state index contributed by atoms with van der Waals surface area (Å²) in [5.41, 5.74) is 0. The molecule has 0 aromatic carbocycles. The number of rotatable bonds is 5. The van der Waals surface area contributed by atoms with E-state index in [1.807, 2.05) is 0 Å². The van der Waals surface area contributed by atoms with Crippen LogP contribution in [0.3, 0.4) is 0 Å². The third kappa shape index (κ3) is 4.10. The number of hydrogen-bond donors (Lipinski definition) is 1. The van der Waals surface area contributed by atoms with Gasteiger partial charge in [-0.3, -0.25) is 13.6 Å². The summed E-state index contributed by atoms with van der Waals surface area (Å²) in [5, 5.41) is 8.11. The van der Waals surface area contributed by atoms with Crippen LogP contribution >= 0.6 is 7.82 Å². The fourth-order valence-electron chi connectivity index (χ4n) is 0.314. The summed E-state index contributed by atoms with van der Waals surface area (Å²) in [6.07, 6.45) is 0. The molecule has 1 N–H and O–H groups in total. The van der Waals surface area contributed by atoms with Gasteiger partial charge < -0.3 is 5.11 Å². The van der Waals surface area contributed by atoms with Gasteiger partial charge in [0.15, 0.2) is 6.61 Å². The second-order valence-corrected chi connectivity index (χ2v) is 3.36. The van der Waals surface area contributed by atoms with Crippen LogP contribution in [-0.4, -0.2) is 31.9 Å². The van der Waals surface area contributed by atoms with E-state index < -0.39 is 20.4 Å². The highest BCUT2D eigenvalue weighted by Crippen LogP contribution is 2.47. The van der Waals surface area contributed by atoms with Crippen molar-refractivity contribution < 1.29 is 28.0 Å². The maximum absolute atomic E-state index is 10.9. The zero-order chi connectivity index (χ0) is 8.91. The number of aliphatic carboxylic acids is 1. The van der Waals surface area contributed by atoms with Gasteiger partial charge in [-0.1, -0.05) is 0 Å². The molecule has 0 atom stereocenters. The van der Waals surface area contributed by atoms with E-state index in [-0.39, 0.29) is 0 Å². The van der Waals surface area contributed by atoms with E-state index in [9.17, 15) is 9.36 Å². The predicted molar refractivity (Wildman–Crippen MR) is 35.2 cm³/mol. The zero-order valence-electron chi connectivity index (χ0n) is 6.14. The van der Waals surface area contributed by atoms with E-state index in [4.69, 9.17) is 5.11 Å². The molecule has 0 heterocycles. The van der Waals surface area contributed by atoms with Gasteiger partial charge in [0.25, 0.3) is 0 Å². The van der Waals surface area contributed by atoms with Crippen molar-refractivity contribution in [2.45, 2.75) is 0 Å². The Hall–Kier alpha value is -0.420. The lowest BCUT2D eigenvalue weighted by atomic mass is 10.8. The van der Waals surface area contributed by atoms with Crippen LogP contribution in [0.4, 0.5) is 0 Å². The van der Waals surface area contributed by atoms with Gasteiger partial charge in [0, 0.05) is 14.2 Å². The summed E-state index contributed by atoms with van der Waals surface area (Å²) in [5.74, 6) is -1.24. The van der Waals surface area contributed by atoms with Crippen LogP contribution in [0.25, 0.3) is 0 Å². The molecule has 0 aromatic heterocycles. The minimum absolute atomic E-state index is 0.709. The van der Waals surface area contributed by atoms with E-state index in [0.29, 0.717) is 0 Å². The molecule has 0 spiro atoms. The summed E-state index contributed by atoms with van der Waals surface area (Å²) < 4.78 is 23.8. The Balaban J connectivity index is 3.89. The molecule has 66 valence electrons. The van der Waals surface area contributed by atoms with Gasteiger partial charge in [0.05, 0.1) is 0 Å². The first-order valence-corrected chi connectivity index (χ1v) is 4.08. The van der Waals surface area contributed by atoms with Gasteiger partial charge >= 0.3 is 13.8 Å². The van der Waals surface area contributed by atoms with Crippen LogP contribution in [0.15, 0.2) is 0 Å². The van der Waals surface area contributed by atoms with E-state index in [0.717, 1.165) is 14.2 Å². The highest BCUT2D eigenvalue weighted by molar-refractivity contribution is 7.48. The summed E-state index contributed by atoms with van der Waals surface area (Å²) in [4.78, 5) is 9.92. The summed E-state index contributed by atoms with van der Waals surface area (Å²) in [6, 6.07) is 0. The molecule has 0 saturated heterocycles. The first-order chi connectivity index (χ1) is 5.04. The van der Waals surface area contributed by atoms with Gasteiger partial charge in [-0.2, -0.15) is 0 Å². The number of carboxylic acid groups (broad SMARTS) is 1. The van der Waals surface area contributed by atoms with E-state index in [2.05, 4.69) is 13.6 Å². The lowest BCUT2D eigenvalue weighted by Gasteiger charge is -2.10. The molecule has 11 heavy (non-hydrogen) atoms. The van der Waals surface area contributed by atoms with Crippen LogP contribution < -0.4 is 0 Å². The number of phosphoric acid groups is 1. The number of carboxylic acids is 1. The SMILES string of the molecule is COP(=O)(OC)OCC(=O)O. The maximum atomic E-state index is 10.9. The Morgan fingerprint density at radius 3 is 2.18 bits per heavy atom. The Morgan fingerprint density at radius 1 is 1.45 bits per heavy atom. The molecule has 0 amide bonds. The quantitative estimate of drug-likeness (QED) is 0.626. The van der Waals surface area contributed by atoms with Crippen molar-refractivity contribution in [1.82, 2.24) is 0 Å². The predicted octanol–water partition coefficient (Wildman–Crippen LogP) is 0.488. The molecule has 0 rings (SSSR count). The summed E-state index contributed by atoms with van der Waals surface area (Å²) >= 11 is 0. The van der Waals surface area contributed by atoms with E-state index in [1.165, 1.54) is 0 Å². The summed E-state index contributed by atoms with van der Waals surface area (Å²) in [7, 11) is -1.41. The van der Waals surface area contributed by atoms with Crippen molar-refractivity contribution in [3.8, 4) is 0 Å². The van der Waals surface area contributed by atoms with Crippen molar-refractivity contribution in [3.05, 3.63) is 0 Å². The maximum Gasteiger partial charge on any atom is 0.474 e. The van der Waals surface area contributed by atoms with Crippen molar-refractivity contribution in [2.75, 3.05) is 20.8 Å². The Morgan fingerprint density at radius 2 is 1.91 bits per heavy atom. The van der Waals surface area contributed by atoms with Crippen LogP contribution in [0.1, 0.15) is 0 Å². The van der Waals surface area contributed by atoms with Gasteiger partial charge in [0.1, 0.15) is 0 Å². The number of phosphoric ester groups is 1. The number of carbonyl (C=O) groups is 1. The topological polar surface area (TPSA) is 82.1 Å². The highest BCUT2D eigenvalue weighted by Gasteiger charge is 2.23. The van der Waals surface area contributed by atoms with Crippen molar-refractivity contribution >= 4 is 13.8 Å². The van der Waals surface area contributed by atoms with Gasteiger partial charge in [-0.05, 0) is 0 Å². The van der Waals surface area contributed by atoms with E-state index >= 15 is 0 Å². The zero-order valence-corrected chi connectivity index (χ0v) is 7.04. The third-order valence-corrected chi connectivity index (χ3v) is 2.13. The fourth-order valence-corrected chi connectivity index (χ4v) is 0.943. The molecule has 0 unspecified atom stereocenters. The molecule has 7 heteroatoms. The molecule has 0 bridgehead atoms. The van der Waals surface area contributed by atoms with E-state index in [1.54, 1.807) is 0 Å². The van der Waals surface area contributed by atoms with Crippen molar-refractivity contribution in [2.24, 2.45) is 0 Å². The average molecular weight is 184 g/mol. The van der Waals surface area contributed by atoms with Gasteiger partial charge in [0.2, 0.25) is 0 Å². The monoisotopic (exact) mass is 184 g/mol. The molecule has 0 fully saturated rings. The normalized spacial score (nSPS) is 11.5. The third-order valence-electron chi connectivity index (χ3n) is 0.793. The second-order valence-electron chi connectivity index (χ2n) is 1.48. The first-order valence-electron chi connectivity index (χ1n) is 2.62. The Kier molecular flexibility index (Phi) is 4.29. The minimum atomic E-state index is -3.62. The largest absolute Gasteiger partial charge is 0.480 e. The van der Waals surface area contributed by atoms with Crippen LogP contribution in [0.5, 0.6) is 0 Å². The van der Waals surface area contributed by atoms with Crippen molar-refractivity contribution in [3.63, 3.8) is 0 Å². The van der Waals surface area contributed by atoms with Crippen LogP contribution in [0.2, 0.25) is 0 Å². The standard InChI is InChI=1S/C4H9O6P/c1-8-11(7,9-2)10-3-4(5)6/h3H2,1-2H3,(H,5,6). The number of hydrogen-bond acceptors (Lipinski definition) is 5. The molecular formula is C4H9O6P. The minimum Gasteiger partial charge on any atom is -0.480 e. The average Bonchev–Trinajstić information content (AvgIpc) is 2.00. The molecule has 0 aliphatic rings. The molecule has 0 aliphatic heterocycles. The Labute approximate surface area is 63.7 Å².